The lowest BCUT2D eigenvalue weighted by atomic mass is 10.2. The molecule has 1 aliphatic rings. The molecular weight excluding hydrogens is 332 g/mol. The van der Waals surface area contributed by atoms with Gasteiger partial charge in [-0.15, -0.1) is 11.3 Å². The Morgan fingerprint density at radius 3 is 3.12 bits per heavy atom. The summed E-state index contributed by atoms with van der Waals surface area (Å²) in [6.07, 6.45) is 3.92. The van der Waals surface area contributed by atoms with Gasteiger partial charge in [0.25, 0.3) is 5.91 Å². The van der Waals surface area contributed by atoms with Crippen molar-refractivity contribution < 1.29 is 4.79 Å². The lowest BCUT2D eigenvalue weighted by molar-refractivity contribution is 0.0725. The van der Waals surface area contributed by atoms with Gasteiger partial charge < -0.3 is 9.88 Å². The first kappa shape index (κ1) is 16.3. The molecule has 0 aliphatic carbocycles. The molecule has 1 aliphatic heterocycles. The number of nitrogens with one attached hydrogen (secondary N) is 1. The number of hydrogen-bond acceptors (Lipinski definition) is 4. The molecular formula is C19H22N4OS. The van der Waals surface area contributed by atoms with Gasteiger partial charge in [-0.3, -0.25) is 4.79 Å². The standard InChI is InChI=1S/C19H22N4OS/c1-3-5-17-20-15(11-25-17)19(24)23-9-4-6-16(23)18-21-13-8-7-12(2)10-14(13)22-18/h7-8,10-11,16H,3-6,9H2,1-2H3,(H,21,22)/t16-/m0/s1. The van der Waals surface area contributed by atoms with Gasteiger partial charge in [0.2, 0.25) is 0 Å². The second kappa shape index (κ2) is 6.59. The molecule has 2 aromatic heterocycles. The van der Waals surface area contributed by atoms with Crippen LogP contribution >= 0.6 is 11.3 Å². The van der Waals surface area contributed by atoms with Crippen molar-refractivity contribution in [3.05, 3.63) is 45.7 Å². The summed E-state index contributed by atoms with van der Waals surface area (Å²) in [5.41, 5.74) is 3.77. The monoisotopic (exact) mass is 354 g/mol. The van der Waals surface area contributed by atoms with Crippen LogP contribution in [0.5, 0.6) is 0 Å². The van der Waals surface area contributed by atoms with E-state index in [0.29, 0.717) is 5.69 Å². The van der Waals surface area contributed by atoms with Crippen molar-refractivity contribution in [2.75, 3.05) is 6.54 Å². The molecule has 1 saturated heterocycles. The fourth-order valence-corrected chi connectivity index (χ4v) is 4.35. The average Bonchev–Trinajstić information content (AvgIpc) is 3.32. The Kier molecular flexibility index (Phi) is 4.29. The number of thiazole rings is 1. The Morgan fingerprint density at radius 1 is 1.40 bits per heavy atom. The highest BCUT2D eigenvalue weighted by atomic mass is 32.1. The number of amides is 1. The van der Waals surface area contributed by atoms with E-state index in [1.165, 1.54) is 5.56 Å². The fourth-order valence-electron chi connectivity index (χ4n) is 3.48. The first-order chi connectivity index (χ1) is 12.2. The zero-order valence-electron chi connectivity index (χ0n) is 14.6. The molecule has 1 aromatic carbocycles. The first-order valence-corrected chi connectivity index (χ1v) is 9.75. The lowest BCUT2D eigenvalue weighted by Gasteiger charge is -2.22. The van der Waals surface area contributed by atoms with Crippen LogP contribution < -0.4 is 0 Å². The number of nitrogens with zero attached hydrogens (tertiary/aromatic N) is 3. The molecule has 0 saturated carbocycles. The molecule has 3 aromatic rings. The van der Waals surface area contributed by atoms with E-state index in [4.69, 9.17) is 4.98 Å². The van der Waals surface area contributed by atoms with Gasteiger partial charge >= 0.3 is 0 Å². The van der Waals surface area contributed by atoms with Gasteiger partial charge in [0.15, 0.2) is 0 Å². The molecule has 1 N–H and O–H groups in total. The van der Waals surface area contributed by atoms with Gasteiger partial charge in [-0.05, 0) is 50.3 Å². The molecule has 1 amide bonds. The number of benzene rings is 1. The molecule has 6 heteroatoms. The van der Waals surface area contributed by atoms with Crippen molar-refractivity contribution in [2.24, 2.45) is 0 Å². The van der Waals surface area contributed by atoms with Gasteiger partial charge in [0, 0.05) is 11.9 Å². The summed E-state index contributed by atoms with van der Waals surface area (Å²) in [6, 6.07) is 6.21. The van der Waals surface area contributed by atoms with Crippen LogP contribution in [0.1, 0.15) is 59.1 Å². The van der Waals surface area contributed by atoms with Gasteiger partial charge in [-0.2, -0.15) is 0 Å². The number of aryl methyl sites for hydroxylation is 2. The second-order valence-corrected chi connectivity index (χ2v) is 7.62. The van der Waals surface area contributed by atoms with E-state index in [-0.39, 0.29) is 11.9 Å². The number of aromatic amines is 1. The van der Waals surface area contributed by atoms with Gasteiger partial charge in [-0.25, -0.2) is 9.97 Å². The predicted octanol–water partition coefficient (Wildman–Crippen LogP) is 4.26. The summed E-state index contributed by atoms with van der Waals surface area (Å²) in [5, 5.41) is 2.94. The van der Waals surface area contributed by atoms with Crippen LogP contribution in [0.25, 0.3) is 11.0 Å². The van der Waals surface area contributed by atoms with Crippen molar-refractivity contribution in [1.29, 1.82) is 0 Å². The van der Waals surface area contributed by atoms with Crippen LogP contribution in [-0.4, -0.2) is 32.3 Å². The lowest BCUT2D eigenvalue weighted by Crippen LogP contribution is -2.31. The second-order valence-electron chi connectivity index (χ2n) is 6.68. The maximum Gasteiger partial charge on any atom is 0.273 e. The van der Waals surface area contributed by atoms with Crippen molar-refractivity contribution in [3.8, 4) is 0 Å². The Balaban J connectivity index is 1.61. The smallest absolute Gasteiger partial charge is 0.273 e. The minimum atomic E-state index is 0.0107. The maximum atomic E-state index is 12.9. The molecule has 130 valence electrons. The zero-order chi connectivity index (χ0) is 17.4. The number of imidazole rings is 1. The quantitative estimate of drug-likeness (QED) is 0.761. The van der Waals surface area contributed by atoms with Gasteiger partial charge in [-0.1, -0.05) is 13.0 Å². The highest BCUT2D eigenvalue weighted by Gasteiger charge is 2.33. The predicted molar refractivity (Wildman–Crippen MR) is 100.0 cm³/mol. The zero-order valence-corrected chi connectivity index (χ0v) is 15.4. The van der Waals surface area contributed by atoms with E-state index in [2.05, 4.69) is 35.9 Å². The maximum absolute atomic E-state index is 12.9. The number of hydrogen-bond donors (Lipinski definition) is 1. The van der Waals surface area contributed by atoms with Crippen LogP contribution in [0.4, 0.5) is 0 Å². The summed E-state index contributed by atoms with van der Waals surface area (Å²) in [5.74, 6) is 0.910. The summed E-state index contributed by atoms with van der Waals surface area (Å²) in [6.45, 7) is 4.96. The Morgan fingerprint density at radius 2 is 2.28 bits per heavy atom. The Hall–Kier alpha value is -2.21. The van der Waals surface area contributed by atoms with Crippen LogP contribution in [0.15, 0.2) is 23.6 Å². The van der Waals surface area contributed by atoms with Gasteiger partial charge in [0.1, 0.15) is 11.5 Å². The third kappa shape index (κ3) is 3.06. The van der Waals surface area contributed by atoms with E-state index in [0.717, 1.165) is 54.1 Å². The number of rotatable bonds is 4. The third-order valence-corrected chi connectivity index (χ3v) is 5.63. The largest absolute Gasteiger partial charge is 0.340 e. The van der Waals surface area contributed by atoms with Gasteiger partial charge in [0.05, 0.1) is 22.1 Å². The minimum Gasteiger partial charge on any atom is -0.340 e. The normalized spacial score (nSPS) is 17.5. The fraction of sp³-hybridized carbons (Fsp3) is 0.421. The molecule has 0 spiro atoms. The average molecular weight is 354 g/mol. The molecule has 3 heterocycles. The summed E-state index contributed by atoms with van der Waals surface area (Å²) < 4.78 is 0. The molecule has 4 rings (SSSR count). The van der Waals surface area contributed by atoms with E-state index in [1.807, 2.05) is 16.3 Å². The summed E-state index contributed by atoms with van der Waals surface area (Å²) in [7, 11) is 0. The van der Waals surface area contributed by atoms with E-state index >= 15 is 0 Å². The molecule has 0 radical (unpaired) electrons. The van der Waals surface area contributed by atoms with Crippen molar-refractivity contribution in [2.45, 2.75) is 45.6 Å². The number of likely N-dealkylation sites (tertiary alicyclic amines) is 1. The van der Waals surface area contributed by atoms with Crippen molar-refractivity contribution >= 4 is 28.3 Å². The van der Waals surface area contributed by atoms with Crippen molar-refractivity contribution in [1.82, 2.24) is 19.9 Å². The Labute approximate surface area is 151 Å². The Bertz CT molecular complexity index is 913. The highest BCUT2D eigenvalue weighted by Crippen LogP contribution is 2.33. The number of H-pyrrole nitrogens is 1. The molecule has 5 nitrogen and oxygen atoms in total. The molecule has 1 fully saturated rings. The highest BCUT2D eigenvalue weighted by molar-refractivity contribution is 7.09. The molecule has 25 heavy (non-hydrogen) atoms. The van der Waals surface area contributed by atoms with E-state index in [1.54, 1.807) is 11.3 Å². The summed E-state index contributed by atoms with van der Waals surface area (Å²) >= 11 is 1.58. The topological polar surface area (TPSA) is 61.9 Å². The molecule has 1 atom stereocenters. The van der Waals surface area contributed by atoms with E-state index in [9.17, 15) is 4.79 Å². The number of carbonyl (C=O) groups is 1. The van der Waals surface area contributed by atoms with Crippen LogP contribution in [0, 0.1) is 6.92 Å². The number of carbonyl (C=O) groups excluding carboxylic acids is 1. The third-order valence-electron chi connectivity index (χ3n) is 4.72. The molecule has 0 bridgehead atoms. The number of aromatic nitrogens is 3. The van der Waals surface area contributed by atoms with Crippen molar-refractivity contribution in [3.63, 3.8) is 0 Å². The van der Waals surface area contributed by atoms with Crippen LogP contribution in [-0.2, 0) is 6.42 Å². The number of fused-ring (bicyclic) bond motifs is 1. The van der Waals surface area contributed by atoms with Crippen LogP contribution in [0.2, 0.25) is 0 Å². The van der Waals surface area contributed by atoms with E-state index < -0.39 is 0 Å². The minimum absolute atomic E-state index is 0.0107. The summed E-state index contributed by atoms with van der Waals surface area (Å²) in [4.78, 5) is 27.5. The SMILES string of the molecule is CCCc1nc(C(=O)N2CCC[C@H]2c2nc3ccc(C)cc3[nH]2)cs1. The first-order valence-electron chi connectivity index (χ1n) is 8.87. The van der Waals surface area contributed by atoms with Crippen LogP contribution in [0.3, 0.4) is 0 Å². The molecule has 0 unspecified atom stereocenters.